The van der Waals surface area contributed by atoms with Gasteiger partial charge in [0, 0.05) is 36.6 Å². The van der Waals surface area contributed by atoms with Gasteiger partial charge in [0.2, 0.25) is 0 Å². The number of fused-ring (bicyclic) bond motifs is 1. The van der Waals surface area contributed by atoms with Crippen molar-refractivity contribution in [2.45, 2.75) is 13.5 Å². The summed E-state index contributed by atoms with van der Waals surface area (Å²) in [7, 11) is 1.88. The Morgan fingerprint density at radius 1 is 1.38 bits per heavy atom. The molecule has 0 atom stereocenters. The van der Waals surface area contributed by atoms with Gasteiger partial charge in [0.1, 0.15) is 0 Å². The van der Waals surface area contributed by atoms with E-state index in [9.17, 15) is 4.79 Å². The number of hydrogen-bond donors (Lipinski definition) is 0. The Morgan fingerprint density at radius 3 is 2.86 bits per heavy atom. The zero-order valence-corrected chi connectivity index (χ0v) is 12.9. The van der Waals surface area contributed by atoms with Crippen LogP contribution >= 0.6 is 11.3 Å². The lowest BCUT2D eigenvalue weighted by Crippen LogP contribution is -2.29. The van der Waals surface area contributed by atoms with Crippen molar-refractivity contribution in [2.75, 3.05) is 6.54 Å². The van der Waals surface area contributed by atoms with E-state index in [2.05, 4.69) is 5.10 Å². The lowest BCUT2D eigenvalue weighted by atomic mass is 10.2. The Kier molecular flexibility index (Phi) is 3.75. The molecule has 0 unspecified atom stereocenters. The van der Waals surface area contributed by atoms with Crippen molar-refractivity contribution >= 4 is 27.3 Å². The van der Waals surface area contributed by atoms with E-state index in [1.807, 2.05) is 55.4 Å². The van der Waals surface area contributed by atoms with Crippen molar-refractivity contribution in [1.82, 2.24) is 14.7 Å². The quantitative estimate of drug-likeness (QED) is 0.741. The standard InChI is InChI=1S/C16H17N3OS/c1-3-19(11-12-9-17-18(2)10-12)16(20)15-8-13-6-4-5-7-14(13)21-15/h4-10H,3,11H2,1-2H3. The molecule has 21 heavy (non-hydrogen) atoms. The number of nitrogens with zero attached hydrogens (tertiary/aromatic N) is 3. The minimum Gasteiger partial charge on any atom is -0.334 e. The highest BCUT2D eigenvalue weighted by Crippen LogP contribution is 2.26. The topological polar surface area (TPSA) is 38.1 Å². The molecule has 2 heterocycles. The molecule has 5 heteroatoms. The van der Waals surface area contributed by atoms with Crippen LogP contribution in [0.5, 0.6) is 0 Å². The second-order valence-electron chi connectivity index (χ2n) is 4.99. The first-order valence-corrected chi connectivity index (χ1v) is 7.74. The van der Waals surface area contributed by atoms with E-state index in [-0.39, 0.29) is 5.91 Å². The summed E-state index contributed by atoms with van der Waals surface area (Å²) in [5, 5.41) is 5.28. The molecule has 3 aromatic rings. The van der Waals surface area contributed by atoms with Crippen LogP contribution in [0.2, 0.25) is 0 Å². The number of carbonyl (C=O) groups is 1. The average molecular weight is 299 g/mol. The second kappa shape index (κ2) is 5.69. The van der Waals surface area contributed by atoms with Crippen molar-refractivity contribution in [3.63, 3.8) is 0 Å². The number of hydrogen-bond acceptors (Lipinski definition) is 3. The molecule has 1 amide bonds. The predicted molar refractivity (Wildman–Crippen MR) is 85.4 cm³/mol. The molecule has 0 aliphatic heterocycles. The Bertz CT molecular complexity index is 742. The van der Waals surface area contributed by atoms with Crippen LogP contribution in [0, 0.1) is 0 Å². The van der Waals surface area contributed by atoms with Crippen LogP contribution in [0.15, 0.2) is 42.7 Å². The van der Waals surface area contributed by atoms with E-state index in [0.717, 1.165) is 20.5 Å². The zero-order chi connectivity index (χ0) is 14.8. The van der Waals surface area contributed by atoms with Crippen LogP contribution in [0.1, 0.15) is 22.2 Å². The van der Waals surface area contributed by atoms with Gasteiger partial charge < -0.3 is 4.90 Å². The fourth-order valence-electron chi connectivity index (χ4n) is 2.34. The molecule has 0 fully saturated rings. The molecule has 0 spiro atoms. The fourth-order valence-corrected chi connectivity index (χ4v) is 3.37. The van der Waals surface area contributed by atoms with E-state index in [1.54, 1.807) is 22.2 Å². The molecule has 0 saturated carbocycles. The van der Waals surface area contributed by atoms with Gasteiger partial charge in [-0.05, 0) is 24.4 Å². The largest absolute Gasteiger partial charge is 0.334 e. The summed E-state index contributed by atoms with van der Waals surface area (Å²) in [6, 6.07) is 10.1. The van der Waals surface area contributed by atoms with Crippen LogP contribution in [0.3, 0.4) is 0 Å². The third-order valence-corrected chi connectivity index (χ3v) is 4.54. The normalized spacial score (nSPS) is 11.0. The van der Waals surface area contributed by atoms with Gasteiger partial charge in [0.15, 0.2) is 0 Å². The molecule has 2 aromatic heterocycles. The first-order chi connectivity index (χ1) is 10.2. The lowest BCUT2D eigenvalue weighted by molar-refractivity contribution is 0.0757. The van der Waals surface area contributed by atoms with Gasteiger partial charge in [-0.3, -0.25) is 9.48 Å². The molecule has 0 bridgehead atoms. The number of carbonyl (C=O) groups excluding carboxylic acids is 1. The van der Waals surface area contributed by atoms with Crippen molar-refractivity contribution in [1.29, 1.82) is 0 Å². The molecule has 1 aromatic carbocycles. The Morgan fingerprint density at radius 2 is 2.19 bits per heavy atom. The van der Waals surface area contributed by atoms with E-state index >= 15 is 0 Å². The van der Waals surface area contributed by atoms with Crippen molar-refractivity contribution in [2.24, 2.45) is 7.05 Å². The molecule has 0 saturated heterocycles. The van der Waals surface area contributed by atoms with Gasteiger partial charge >= 0.3 is 0 Å². The van der Waals surface area contributed by atoms with Crippen molar-refractivity contribution in [3.05, 3.63) is 53.2 Å². The van der Waals surface area contributed by atoms with Crippen LogP contribution in [-0.4, -0.2) is 27.1 Å². The Hall–Kier alpha value is -2.14. The molecule has 3 rings (SSSR count). The van der Waals surface area contributed by atoms with Crippen molar-refractivity contribution < 1.29 is 4.79 Å². The second-order valence-corrected chi connectivity index (χ2v) is 6.07. The highest BCUT2D eigenvalue weighted by atomic mass is 32.1. The number of benzene rings is 1. The number of thiophene rings is 1. The average Bonchev–Trinajstić information content (AvgIpc) is 3.09. The maximum Gasteiger partial charge on any atom is 0.264 e. The maximum absolute atomic E-state index is 12.7. The third kappa shape index (κ3) is 2.83. The van der Waals surface area contributed by atoms with Crippen LogP contribution < -0.4 is 0 Å². The SMILES string of the molecule is CCN(Cc1cnn(C)c1)C(=O)c1cc2ccccc2s1. The molecule has 4 nitrogen and oxygen atoms in total. The summed E-state index contributed by atoms with van der Waals surface area (Å²) in [6.45, 7) is 3.28. The van der Waals surface area contributed by atoms with Gasteiger partial charge in [-0.15, -0.1) is 11.3 Å². The zero-order valence-electron chi connectivity index (χ0n) is 12.1. The summed E-state index contributed by atoms with van der Waals surface area (Å²) in [4.78, 5) is 15.3. The van der Waals surface area contributed by atoms with Crippen LogP contribution in [0.25, 0.3) is 10.1 Å². The molecule has 0 aliphatic carbocycles. The highest BCUT2D eigenvalue weighted by Gasteiger charge is 2.17. The summed E-state index contributed by atoms with van der Waals surface area (Å²) >= 11 is 1.55. The summed E-state index contributed by atoms with van der Waals surface area (Å²) in [5.41, 5.74) is 1.05. The summed E-state index contributed by atoms with van der Waals surface area (Å²) < 4.78 is 2.91. The fraction of sp³-hybridized carbons (Fsp3) is 0.250. The Labute approximate surface area is 127 Å². The third-order valence-electron chi connectivity index (χ3n) is 3.44. The molecular formula is C16H17N3OS. The molecule has 0 aliphatic rings. The minimum absolute atomic E-state index is 0.0857. The molecule has 0 radical (unpaired) electrons. The predicted octanol–water partition coefficient (Wildman–Crippen LogP) is 3.30. The first kappa shape index (κ1) is 13.8. The lowest BCUT2D eigenvalue weighted by Gasteiger charge is -2.19. The van der Waals surface area contributed by atoms with E-state index in [4.69, 9.17) is 0 Å². The maximum atomic E-state index is 12.7. The number of aromatic nitrogens is 2. The van der Waals surface area contributed by atoms with E-state index < -0.39 is 0 Å². The molecule has 108 valence electrons. The van der Waals surface area contributed by atoms with Crippen LogP contribution in [-0.2, 0) is 13.6 Å². The van der Waals surface area contributed by atoms with Gasteiger partial charge in [0.05, 0.1) is 11.1 Å². The smallest absolute Gasteiger partial charge is 0.264 e. The number of amides is 1. The monoisotopic (exact) mass is 299 g/mol. The summed E-state index contributed by atoms with van der Waals surface area (Å²) in [5.74, 6) is 0.0857. The number of aryl methyl sites for hydroxylation is 1. The number of rotatable bonds is 4. The van der Waals surface area contributed by atoms with Crippen molar-refractivity contribution in [3.8, 4) is 0 Å². The minimum atomic E-state index is 0.0857. The van der Waals surface area contributed by atoms with Crippen LogP contribution in [0.4, 0.5) is 0 Å². The van der Waals surface area contributed by atoms with Gasteiger partial charge in [0.25, 0.3) is 5.91 Å². The van der Waals surface area contributed by atoms with Gasteiger partial charge in [-0.25, -0.2) is 0 Å². The van der Waals surface area contributed by atoms with E-state index in [1.165, 1.54) is 0 Å². The van der Waals surface area contributed by atoms with Gasteiger partial charge in [-0.2, -0.15) is 5.10 Å². The first-order valence-electron chi connectivity index (χ1n) is 6.92. The Balaban J connectivity index is 1.84. The highest BCUT2D eigenvalue weighted by molar-refractivity contribution is 7.20. The van der Waals surface area contributed by atoms with Gasteiger partial charge in [-0.1, -0.05) is 18.2 Å². The molecular weight excluding hydrogens is 282 g/mol. The summed E-state index contributed by atoms with van der Waals surface area (Å²) in [6.07, 6.45) is 3.75. The molecule has 0 N–H and O–H groups in total. The van der Waals surface area contributed by atoms with E-state index in [0.29, 0.717) is 13.1 Å².